The molecule has 0 saturated carbocycles. The number of Topliss-reactive ketones (excluding diaryl/α,β-unsaturated/α-hetero) is 1. The molecule has 3 heteroatoms. The van der Waals surface area contributed by atoms with E-state index in [4.69, 9.17) is 5.73 Å². The lowest BCUT2D eigenvalue weighted by molar-refractivity contribution is -0.132. The number of hydrogen-bond acceptors (Lipinski definition) is 2. The third-order valence-corrected chi connectivity index (χ3v) is 9.90. The van der Waals surface area contributed by atoms with Crippen LogP contribution in [0.1, 0.15) is 232 Å². The van der Waals surface area contributed by atoms with Crippen LogP contribution >= 0.6 is 0 Å². The molecule has 0 aromatic rings. The van der Waals surface area contributed by atoms with Crippen molar-refractivity contribution < 1.29 is 9.59 Å². The van der Waals surface area contributed by atoms with Crippen molar-refractivity contribution in [2.45, 2.75) is 232 Å². The molecule has 1 atom stereocenters. The van der Waals surface area contributed by atoms with Gasteiger partial charge in [-0.1, -0.05) is 217 Å². The first-order valence-electron chi connectivity index (χ1n) is 21.4. The van der Waals surface area contributed by atoms with Crippen molar-refractivity contribution in [2.75, 3.05) is 0 Å². The monoisotopic (exact) mass is 670 g/mol. The van der Waals surface area contributed by atoms with Crippen molar-refractivity contribution in [3.8, 4) is 0 Å². The second kappa shape index (κ2) is 39.8. The van der Waals surface area contributed by atoms with Gasteiger partial charge in [-0.25, -0.2) is 0 Å². The minimum absolute atomic E-state index is 0.0717. The topological polar surface area (TPSA) is 60.2 Å². The molecule has 0 fully saturated rings. The fourth-order valence-electron chi connectivity index (χ4n) is 6.69. The summed E-state index contributed by atoms with van der Waals surface area (Å²) in [6.45, 7) is 4.45. The van der Waals surface area contributed by atoms with E-state index in [1.807, 2.05) is 0 Å². The van der Waals surface area contributed by atoms with Crippen molar-refractivity contribution in [3.05, 3.63) is 36.5 Å². The molecule has 2 N–H and O–H groups in total. The predicted molar refractivity (Wildman–Crippen MR) is 213 cm³/mol. The Kier molecular flexibility index (Phi) is 38.4. The highest BCUT2D eigenvalue weighted by Gasteiger charge is 2.22. The maximum atomic E-state index is 12.7. The van der Waals surface area contributed by atoms with Gasteiger partial charge in [-0.3, -0.25) is 9.59 Å². The van der Waals surface area contributed by atoms with Crippen LogP contribution in [-0.4, -0.2) is 11.7 Å². The van der Waals surface area contributed by atoms with Crippen LogP contribution in [0.2, 0.25) is 0 Å². The average molecular weight is 670 g/mol. The molecule has 0 bridgehead atoms. The minimum atomic E-state index is -0.568. The van der Waals surface area contributed by atoms with Crippen LogP contribution in [0.25, 0.3) is 0 Å². The van der Waals surface area contributed by atoms with Crippen LogP contribution in [0.5, 0.6) is 0 Å². The van der Waals surface area contributed by atoms with Crippen LogP contribution in [0, 0.1) is 5.92 Å². The second-order valence-corrected chi connectivity index (χ2v) is 14.6. The van der Waals surface area contributed by atoms with Gasteiger partial charge in [0.05, 0.1) is 5.92 Å². The molecule has 0 rings (SSSR count). The molecule has 0 saturated heterocycles. The largest absolute Gasteiger partial charge is 0.369 e. The Morgan fingerprint density at radius 3 is 1.21 bits per heavy atom. The lowest BCUT2D eigenvalue weighted by Crippen LogP contribution is -2.30. The smallest absolute Gasteiger partial charge is 0.227 e. The molecule has 280 valence electrons. The van der Waals surface area contributed by atoms with E-state index in [2.05, 4.69) is 50.3 Å². The summed E-state index contributed by atoms with van der Waals surface area (Å²) in [5.41, 5.74) is 5.62. The average Bonchev–Trinajstić information content (AvgIpc) is 3.08. The number of primary amides is 1. The molecular weight excluding hydrogens is 587 g/mol. The Hall–Kier alpha value is -1.64. The van der Waals surface area contributed by atoms with Crippen LogP contribution in [0.15, 0.2) is 36.5 Å². The summed E-state index contributed by atoms with van der Waals surface area (Å²) < 4.78 is 0. The van der Waals surface area contributed by atoms with Crippen LogP contribution in [-0.2, 0) is 9.59 Å². The first-order valence-corrected chi connectivity index (χ1v) is 21.4. The zero-order chi connectivity index (χ0) is 35.0. The van der Waals surface area contributed by atoms with Gasteiger partial charge in [0.15, 0.2) is 0 Å². The highest BCUT2D eigenvalue weighted by molar-refractivity contribution is 6.00. The number of amides is 1. The standard InChI is InChI=1S/C45H83NO2/c1-3-5-7-9-11-13-15-17-19-20-21-22-23-24-25-26-28-29-31-33-35-37-39-41-43(45(46)48)44(47)42-40-38-36-34-32-30-27-18-16-14-12-10-8-6-4-2/h6,8,12,14,18,27,43H,3-5,7,9-11,13,15-17,19-26,28-42H2,1-2H3,(H2,46,48)/b8-6-,14-12-,27-18-. The molecule has 0 aromatic heterocycles. The van der Waals surface area contributed by atoms with E-state index in [0.29, 0.717) is 12.8 Å². The molecule has 3 nitrogen and oxygen atoms in total. The minimum Gasteiger partial charge on any atom is -0.369 e. The Balaban J connectivity index is 3.51. The van der Waals surface area contributed by atoms with Crippen molar-refractivity contribution in [1.82, 2.24) is 0 Å². The van der Waals surface area contributed by atoms with Gasteiger partial charge >= 0.3 is 0 Å². The quantitative estimate of drug-likeness (QED) is 0.0402. The van der Waals surface area contributed by atoms with E-state index in [9.17, 15) is 9.59 Å². The van der Waals surface area contributed by atoms with Gasteiger partial charge in [-0.05, 0) is 44.9 Å². The molecule has 0 aliphatic heterocycles. The maximum Gasteiger partial charge on any atom is 0.227 e. The van der Waals surface area contributed by atoms with Crippen molar-refractivity contribution in [3.63, 3.8) is 0 Å². The Labute approximate surface area is 300 Å². The van der Waals surface area contributed by atoms with Crippen LogP contribution < -0.4 is 5.73 Å². The summed E-state index contributed by atoms with van der Waals surface area (Å²) in [4.78, 5) is 24.6. The predicted octanol–water partition coefficient (Wildman–Crippen LogP) is 14.6. The summed E-state index contributed by atoms with van der Waals surface area (Å²) in [5, 5.41) is 0. The summed E-state index contributed by atoms with van der Waals surface area (Å²) in [6.07, 6.45) is 55.9. The third kappa shape index (κ3) is 35.7. The van der Waals surface area contributed by atoms with E-state index in [1.54, 1.807) is 0 Å². The number of carbonyl (C=O) groups is 2. The molecule has 1 amide bonds. The van der Waals surface area contributed by atoms with Gasteiger partial charge in [0.2, 0.25) is 5.91 Å². The number of hydrogen-bond donors (Lipinski definition) is 1. The van der Waals surface area contributed by atoms with E-state index in [1.165, 1.54) is 148 Å². The van der Waals surface area contributed by atoms with Gasteiger partial charge in [0, 0.05) is 6.42 Å². The lowest BCUT2D eigenvalue weighted by Gasteiger charge is -2.12. The van der Waals surface area contributed by atoms with E-state index < -0.39 is 11.8 Å². The summed E-state index contributed by atoms with van der Waals surface area (Å²) in [5.74, 6) is -0.915. The Bertz CT molecular complexity index is 767. The Morgan fingerprint density at radius 1 is 0.438 bits per heavy atom. The zero-order valence-electron chi connectivity index (χ0n) is 32.5. The molecule has 48 heavy (non-hydrogen) atoms. The number of allylic oxidation sites excluding steroid dienone is 6. The first kappa shape index (κ1) is 46.4. The van der Waals surface area contributed by atoms with Gasteiger partial charge < -0.3 is 5.73 Å². The number of rotatable bonds is 39. The third-order valence-electron chi connectivity index (χ3n) is 9.90. The zero-order valence-corrected chi connectivity index (χ0v) is 32.5. The van der Waals surface area contributed by atoms with E-state index in [-0.39, 0.29) is 5.78 Å². The number of nitrogens with two attached hydrogens (primary N) is 1. The maximum absolute atomic E-state index is 12.7. The second-order valence-electron chi connectivity index (χ2n) is 14.6. The van der Waals surface area contributed by atoms with Crippen molar-refractivity contribution >= 4 is 11.7 Å². The van der Waals surface area contributed by atoms with Crippen LogP contribution in [0.4, 0.5) is 0 Å². The van der Waals surface area contributed by atoms with Crippen molar-refractivity contribution in [2.24, 2.45) is 11.7 Å². The number of ketones is 1. The molecule has 0 spiro atoms. The molecule has 1 unspecified atom stereocenters. The number of unbranched alkanes of at least 4 members (excludes halogenated alkanes) is 27. The van der Waals surface area contributed by atoms with E-state index >= 15 is 0 Å². The van der Waals surface area contributed by atoms with Gasteiger partial charge in [0.25, 0.3) is 0 Å². The summed E-state index contributed by atoms with van der Waals surface area (Å²) in [6, 6.07) is 0. The fourth-order valence-corrected chi connectivity index (χ4v) is 6.69. The lowest BCUT2D eigenvalue weighted by atomic mass is 9.92. The molecule has 0 radical (unpaired) electrons. The highest BCUT2D eigenvalue weighted by Crippen LogP contribution is 2.18. The van der Waals surface area contributed by atoms with Gasteiger partial charge in [-0.15, -0.1) is 0 Å². The normalized spacial score (nSPS) is 12.6. The van der Waals surface area contributed by atoms with E-state index in [0.717, 1.165) is 57.8 Å². The van der Waals surface area contributed by atoms with Gasteiger partial charge in [-0.2, -0.15) is 0 Å². The SMILES string of the molecule is CC/C=C\C/C=C\C/C=C\CCCCCCCC(=O)C(CCCCCCCCCCCCCCCCCCCCCCCCC)C(N)=O. The highest BCUT2D eigenvalue weighted by atomic mass is 16.2. The molecular formula is C45H83NO2. The molecule has 0 heterocycles. The van der Waals surface area contributed by atoms with Gasteiger partial charge in [0.1, 0.15) is 5.78 Å². The Morgan fingerprint density at radius 2 is 0.792 bits per heavy atom. The molecule has 0 aromatic carbocycles. The fraction of sp³-hybridized carbons (Fsp3) is 0.822. The summed E-state index contributed by atoms with van der Waals surface area (Å²) >= 11 is 0. The van der Waals surface area contributed by atoms with Crippen LogP contribution in [0.3, 0.4) is 0 Å². The number of carbonyl (C=O) groups excluding carboxylic acids is 2. The molecule has 0 aliphatic rings. The first-order chi connectivity index (χ1) is 23.6. The summed E-state index contributed by atoms with van der Waals surface area (Å²) in [7, 11) is 0. The molecule has 0 aliphatic carbocycles. The van der Waals surface area contributed by atoms with Crippen molar-refractivity contribution in [1.29, 1.82) is 0 Å².